The molecule has 1 nitrogen and oxygen atoms in total. The zero-order chi connectivity index (χ0) is 65.7. The lowest BCUT2D eigenvalue weighted by Crippen LogP contribution is -2.27. The third-order valence-corrected chi connectivity index (χ3v) is 22.9. The molecule has 0 aromatic heterocycles. The van der Waals surface area contributed by atoms with Gasteiger partial charge in [0, 0.05) is 17.1 Å². The van der Waals surface area contributed by atoms with Crippen LogP contribution in [0.4, 0.5) is 17.1 Å². The van der Waals surface area contributed by atoms with Crippen LogP contribution in [0.3, 0.4) is 0 Å². The van der Waals surface area contributed by atoms with Gasteiger partial charge in [-0.15, -0.1) is 0 Å². The average Bonchev–Trinajstić information content (AvgIpc) is 1.52. The number of nitrogens with zero attached hydrogens (tertiary/aromatic N) is 1. The molecule has 1 heteroatoms. The molecular weight excluding hydrogens is 1200 g/mol. The normalized spacial score (nSPS) is 14.5. The standard InChI is InChI=1S/C99H63N/c1-4-22-64(23-5-1)40-43-67-46-52-79-82-55-49-70(61-94(82)97(91(79)58-67)85-34-16-10-28-73(85)74-29-11-17-35-86(74)97)100(71-50-56-83-80-53-47-68(44-41-65-24-6-2-7-25-65)59-92(80)98(95(83)62-71)87-36-18-12-30-75(87)76-31-13-19-37-88(76)98)72-51-57-84-81-54-48-69(45-42-66-26-8-3-9-27-66)60-93(81)99(96(84)63-72)89-38-20-14-32-77(89)78-33-15-21-39-90(78)99/h1-63H/b43-40+,44-41+,45-42+. The molecule has 6 aliphatic rings. The lowest BCUT2D eigenvalue weighted by Gasteiger charge is -2.34. The number of hydrogen-bond donors (Lipinski definition) is 0. The molecule has 0 N–H and O–H groups in total. The molecule has 15 aromatic rings. The molecule has 0 saturated heterocycles. The summed E-state index contributed by atoms with van der Waals surface area (Å²) >= 11 is 0. The summed E-state index contributed by atoms with van der Waals surface area (Å²) in [5.41, 5.74) is 39.3. The van der Waals surface area contributed by atoms with E-state index in [0.29, 0.717) is 0 Å². The predicted octanol–water partition coefficient (Wildman–Crippen LogP) is 24.7. The minimum absolute atomic E-state index is 0.628. The molecule has 0 aliphatic heterocycles. The number of rotatable bonds is 9. The largest absolute Gasteiger partial charge is 0.310 e. The molecule has 0 amide bonds. The maximum Gasteiger partial charge on any atom is 0.0726 e. The smallest absolute Gasteiger partial charge is 0.0726 e. The van der Waals surface area contributed by atoms with E-state index < -0.39 is 16.2 Å². The fourth-order valence-corrected chi connectivity index (χ4v) is 18.9. The van der Waals surface area contributed by atoms with Crippen molar-refractivity contribution in [2.45, 2.75) is 16.2 Å². The predicted molar refractivity (Wildman–Crippen MR) is 416 cm³/mol. The highest BCUT2D eigenvalue weighted by Crippen LogP contribution is 2.68. The second kappa shape index (κ2) is 21.7. The molecular formula is C99H63N. The van der Waals surface area contributed by atoms with E-state index in [-0.39, 0.29) is 0 Å². The lowest BCUT2D eigenvalue weighted by atomic mass is 9.70. The maximum atomic E-state index is 2.62. The number of benzene rings is 15. The summed E-state index contributed by atoms with van der Waals surface area (Å²) in [6.45, 7) is 0. The highest BCUT2D eigenvalue weighted by molar-refractivity contribution is 6.02. The van der Waals surface area contributed by atoms with Crippen LogP contribution in [0.25, 0.3) is 103 Å². The summed E-state index contributed by atoms with van der Waals surface area (Å²) in [5.74, 6) is 0. The van der Waals surface area contributed by atoms with Gasteiger partial charge in [-0.05, 0) is 222 Å². The molecule has 21 rings (SSSR count). The first-order valence-corrected chi connectivity index (χ1v) is 35.0. The molecule has 0 radical (unpaired) electrons. The van der Waals surface area contributed by atoms with Gasteiger partial charge in [0.25, 0.3) is 0 Å². The van der Waals surface area contributed by atoms with E-state index in [0.717, 1.165) is 17.1 Å². The van der Waals surface area contributed by atoms with Gasteiger partial charge < -0.3 is 4.90 Å². The van der Waals surface area contributed by atoms with Gasteiger partial charge in [0.15, 0.2) is 0 Å². The van der Waals surface area contributed by atoms with Crippen molar-refractivity contribution in [1.29, 1.82) is 0 Å². The van der Waals surface area contributed by atoms with Crippen molar-refractivity contribution in [2.24, 2.45) is 0 Å². The number of anilines is 3. The molecule has 3 spiro atoms. The lowest BCUT2D eigenvalue weighted by molar-refractivity contribution is 0.791. The summed E-state index contributed by atoms with van der Waals surface area (Å²) in [6, 6.07) is 131. The van der Waals surface area contributed by atoms with Crippen LogP contribution in [0.5, 0.6) is 0 Å². The third-order valence-electron chi connectivity index (χ3n) is 22.9. The second-order valence-corrected chi connectivity index (χ2v) is 27.7. The van der Waals surface area contributed by atoms with E-state index in [1.54, 1.807) is 0 Å². The number of hydrogen-bond acceptors (Lipinski definition) is 1. The van der Waals surface area contributed by atoms with Crippen LogP contribution < -0.4 is 4.90 Å². The first kappa shape index (κ1) is 56.5. The zero-order valence-corrected chi connectivity index (χ0v) is 54.8. The third kappa shape index (κ3) is 7.83. The second-order valence-electron chi connectivity index (χ2n) is 27.7. The summed E-state index contributed by atoms with van der Waals surface area (Å²) in [5, 5.41) is 0. The Hall–Kier alpha value is -12.7. The fourth-order valence-electron chi connectivity index (χ4n) is 18.9. The minimum Gasteiger partial charge on any atom is -0.310 e. The summed E-state index contributed by atoms with van der Waals surface area (Å²) in [4.78, 5) is 2.62. The highest BCUT2D eigenvalue weighted by atomic mass is 15.1. The van der Waals surface area contributed by atoms with Crippen LogP contribution in [0.2, 0.25) is 0 Å². The summed E-state index contributed by atoms with van der Waals surface area (Å²) in [7, 11) is 0. The molecule has 0 saturated carbocycles. The van der Waals surface area contributed by atoms with Crippen molar-refractivity contribution in [3.63, 3.8) is 0 Å². The SMILES string of the molecule is C(=C\c1ccc2c(c1)C1(c3ccccc3-c3ccccc31)c1cc(N(c3ccc4c(c3)C3(c5ccccc5-c5ccccc53)c3cc(/C=C/c5ccccc5)ccc3-4)c3ccc4c(c3)C3(c5ccccc5-c5ccccc53)c3cc(/C=C/c5ccccc5)ccc3-4)ccc1-2)/c1ccccc1. The van der Waals surface area contributed by atoms with Gasteiger partial charge in [-0.25, -0.2) is 0 Å². The van der Waals surface area contributed by atoms with Gasteiger partial charge in [-0.2, -0.15) is 0 Å². The molecule has 0 heterocycles. The van der Waals surface area contributed by atoms with E-state index in [1.165, 1.54) is 167 Å². The van der Waals surface area contributed by atoms with E-state index in [9.17, 15) is 0 Å². The van der Waals surface area contributed by atoms with Gasteiger partial charge in [0.1, 0.15) is 0 Å². The topological polar surface area (TPSA) is 3.24 Å². The van der Waals surface area contributed by atoms with Crippen LogP contribution in [-0.4, -0.2) is 0 Å². The molecule has 100 heavy (non-hydrogen) atoms. The average molecular weight is 1270 g/mol. The highest BCUT2D eigenvalue weighted by Gasteiger charge is 2.55. The van der Waals surface area contributed by atoms with Crippen molar-refractivity contribution >= 4 is 53.5 Å². The van der Waals surface area contributed by atoms with Crippen LogP contribution >= 0.6 is 0 Å². The molecule has 6 aliphatic carbocycles. The first-order chi connectivity index (χ1) is 49.6. The Morgan fingerprint density at radius 3 is 0.590 bits per heavy atom. The Bertz CT molecular complexity index is 5310. The van der Waals surface area contributed by atoms with E-state index in [1.807, 2.05) is 0 Å². The van der Waals surface area contributed by atoms with Crippen LogP contribution in [-0.2, 0) is 16.2 Å². The van der Waals surface area contributed by atoms with E-state index in [4.69, 9.17) is 0 Å². The number of fused-ring (bicyclic) bond motifs is 30. The van der Waals surface area contributed by atoms with Crippen molar-refractivity contribution < 1.29 is 0 Å². The molecule has 0 atom stereocenters. The maximum absolute atomic E-state index is 2.62. The van der Waals surface area contributed by atoms with Crippen molar-refractivity contribution in [3.8, 4) is 66.8 Å². The van der Waals surface area contributed by atoms with Gasteiger partial charge in [0.05, 0.1) is 16.2 Å². The Morgan fingerprint density at radius 1 is 0.150 bits per heavy atom. The van der Waals surface area contributed by atoms with Crippen LogP contribution in [0.15, 0.2) is 346 Å². The Kier molecular flexibility index (Phi) is 12.2. The quantitative estimate of drug-likeness (QED) is 0.130. The van der Waals surface area contributed by atoms with Gasteiger partial charge >= 0.3 is 0 Å². The summed E-state index contributed by atoms with van der Waals surface area (Å²) < 4.78 is 0. The molecule has 464 valence electrons. The minimum atomic E-state index is -0.628. The monoisotopic (exact) mass is 1270 g/mol. The Balaban J connectivity index is 0.825. The van der Waals surface area contributed by atoms with Crippen molar-refractivity contribution in [1.82, 2.24) is 0 Å². The molecule has 15 aromatic carbocycles. The zero-order valence-electron chi connectivity index (χ0n) is 54.8. The fraction of sp³-hybridized carbons (Fsp3) is 0.0303. The van der Waals surface area contributed by atoms with E-state index in [2.05, 4.69) is 387 Å². The van der Waals surface area contributed by atoms with Crippen LogP contribution in [0.1, 0.15) is 100 Å². The molecule has 0 bridgehead atoms. The van der Waals surface area contributed by atoms with Gasteiger partial charge in [0.2, 0.25) is 0 Å². The first-order valence-electron chi connectivity index (χ1n) is 35.0. The van der Waals surface area contributed by atoms with Gasteiger partial charge in [-0.3, -0.25) is 0 Å². The molecule has 0 unspecified atom stereocenters. The van der Waals surface area contributed by atoms with E-state index >= 15 is 0 Å². The molecule has 0 fully saturated rings. The van der Waals surface area contributed by atoms with Gasteiger partial charge in [-0.1, -0.05) is 328 Å². The Morgan fingerprint density at radius 2 is 0.340 bits per heavy atom. The van der Waals surface area contributed by atoms with Crippen LogP contribution in [0, 0.1) is 0 Å². The van der Waals surface area contributed by atoms with Crippen molar-refractivity contribution in [2.75, 3.05) is 4.90 Å². The Labute approximate surface area is 583 Å². The summed E-state index contributed by atoms with van der Waals surface area (Å²) in [6.07, 6.45) is 13.6. The van der Waals surface area contributed by atoms with Crippen molar-refractivity contribution in [3.05, 3.63) is 446 Å².